The molecule has 5 nitrogen and oxygen atoms in total. The van der Waals surface area contributed by atoms with Crippen LogP contribution in [0.2, 0.25) is 0 Å². The van der Waals surface area contributed by atoms with Crippen molar-refractivity contribution in [2.75, 3.05) is 26.2 Å². The van der Waals surface area contributed by atoms with Crippen LogP contribution >= 0.6 is 0 Å². The normalized spacial score (nSPS) is 21.2. The lowest BCUT2D eigenvalue weighted by Crippen LogP contribution is -2.36. The van der Waals surface area contributed by atoms with Gasteiger partial charge in [0.05, 0.1) is 5.92 Å². The van der Waals surface area contributed by atoms with Gasteiger partial charge < -0.3 is 15.3 Å². The van der Waals surface area contributed by atoms with Crippen molar-refractivity contribution in [2.24, 2.45) is 11.8 Å². The van der Waals surface area contributed by atoms with Crippen molar-refractivity contribution in [2.45, 2.75) is 33.1 Å². The number of rotatable bonds is 7. The minimum Gasteiger partial charge on any atom is -0.396 e. The molecule has 5 heteroatoms. The van der Waals surface area contributed by atoms with Crippen molar-refractivity contribution in [3.63, 3.8) is 0 Å². The maximum atomic E-state index is 11.9. The van der Waals surface area contributed by atoms with Crippen molar-refractivity contribution in [1.82, 2.24) is 10.2 Å². The largest absolute Gasteiger partial charge is 0.396 e. The molecule has 104 valence electrons. The number of amides is 2. The number of aliphatic hydroxyl groups is 1. The SMILES string of the molecule is CCC(CCO)CNC(=O)C1CC(=O)N(CC)C1. The highest BCUT2D eigenvalue weighted by atomic mass is 16.3. The molecule has 0 aliphatic carbocycles. The van der Waals surface area contributed by atoms with Crippen LogP contribution in [-0.4, -0.2) is 48.1 Å². The summed E-state index contributed by atoms with van der Waals surface area (Å²) in [6.07, 6.45) is 1.98. The topological polar surface area (TPSA) is 69.6 Å². The second-order valence-electron chi connectivity index (χ2n) is 4.87. The summed E-state index contributed by atoms with van der Waals surface area (Å²) in [5.41, 5.74) is 0. The van der Waals surface area contributed by atoms with Crippen LogP contribution in [0.3, 0.4) is 0 Å². The first-order chi connectivity index (χ1) is 8.62. The summed E-state index contributed by atoms with van der Waals surface area (Å²) in [5, 5.41) is 11.8. The molecular weight excluding hydrogens is 232 g/mol. The van der Waals surface area contributed by atoms with E-state index in [0.717, 1.165) is 6.42 Å². The molecule has 1 rings (SSSR count). The zero-order valence-corrected chi connectivity index (χ0v) is 11.3. The van der Waals surface area contributed by atoms with E-state index in [1.807, 2.05) is 13.8 Å². The fourth-order valence-corrected chi connectivity index (χ4v) is 2.28. The Labute approximate surface area is 109 Å². The Bertz CT molecular complexity index is 294. The van der Waals surface area contributed by atoms with Crippen LogP contribution in [-0.2, 0) is 9.59 Å². The lowest BCUT2D eigenvalue weighted by atomic mass is 10.0. The molecular formula is C13H24N2O3. The molecule has 1 aliphatic heterocycles. The van der Waals surface area contributed by atoms with E-state index in [2.05, 4.69) is 5.32 Å². The molecule has 0 bridgehead atoms. The van der Waals surface area contributed by atoms with Crippen LogP contribution in [0.4, 0.5) is 0 Å². The van der Waals surface area contributed by atoms with Gasteiger partial charge in [0, 0.05) is 32.7 Å². The van der Waals surface area contributed by atoms with E-state index in [0.29, 0.717) is 38.4 Å². The third kappa shape index (κ3) is 3.98. The summed E-state index contributed by atoms with van der Waals surface area (Å²) in [7, 11) is 0. The molecule has 2 atom stereocenters. The van der Waals surface area contributed by atoms with Crippen molar-refractivity contribution in [1.29, 1.82) is 0 Å². The van der Waals surface area contributed by atoms with Gasteiger partial charge in [-0.25, -0.2) is 0 Å². The van der Waals surface area contributed by atoms with Gasteiger partial charge in [-0.1, -0.05) is 13.3 Å². The van der Waals surface area contributed by atoms with Crippen LogP contribution in [0.15, 0.2) is 0 Å². The first-order valence-corrected chi connectivity index (χ1v) is 6.78. The average Bonchev–Trinajstić information content (AvgIpc) is 2.75. The Morgan fingerprint density at radius 1 is 1.56 bits per heavy atom. The van der Waals surface area contributed by atoms with E-state index in [1.165, 1.54) is 0 Å². The molecule has 2 amide bonds. The van der Waals surface area contributed by atoms with Crippen LogP contribution in [0.1, 0.15) is 33.1 Å². The minimum absolute atomic E-state index is 0.0318. The maximum absolute atomic E-state index is 11.9. The number of nitrogens with zero attached hydrogens (tertiary/aromatic N) is 1. The van der Waals surface area contributed by atoms with Gasteiger partial charge >= 0.3 is 0 Å². The van der Waals surface area contributed by atoms with Crippen LogP contribution in [0.5, 0.6) is 0 Å². The van der Waals surface area contributed by atoms with E-state index < -0.39 is 0 Å². The molecule has 1 fully saturated rings. The quantitative estimate of drug-likeness (QED) is 0.692. The van der Waals surface area contributed by atoms with Gasteiger partial charge in [-0.3, -0.25) is 9.59 Å². The predicted molar refractivity (Wildman–Crippen MR) is 68.9 cm³/mol. The number of carbonyl (C=O) groups excluding carboxylic acids is 2. The van der Waals surface area contributed by atoms with Crippen molar-refractivity contribution < 1.29 is 14.7 Å². The summed E-state index contributed by atoms with van der Waals surface area (Å²) >= 11 is 0. The number of carbonyl (C=O) groups is 2. The highest BCUT2D eigenvalue weighted by Crippen LogP contribution is 2.17. The number of hydrogen-bond donors (Lipinski definition) is 2. The van der Waals surface area contributed by atoms with E-state index in [-0.39, 0.29) is 24.3 Å². The van der Waals surface area contributed by atoms with Gasteiger partial charge in [0.15, 0.2) is 0 Å². The third-order valence-corrected chi connectivity index (χ3v) is 3.65. The summed E-state index contributed by atoms with van der Waals surface area (Å²) in [6, 6.07) is 0. The number of nitrogens with one attached hydrogen (secondary N) is 1. The molecule has 1 heterocycles. The predicted octanol–water partition coefficient (Wildman–Crippen LogP) is 0.380. The maximum Gasteiger partial charge on any atom is 0.225 e. The first kappa shape index (κ1) is 15.0. The Hall–Kier alpha value is -1.10. The van der Waals surface area contributed by atoms with Gasteiger partial charge in [-0.05, 0) is 19.3 Å². The van der Waals surface area contributed by atoms with Crippen molar-refractivity contribution in [3.8, 4) is 0 Å². The number of likely N-dealkylation sites (tertiary alicyclic amines) is 1. The van der Waals surface area contributed by atoms with Gasteiger partial charge in [0.25, 0.3) is 0 Å². The lowest BCUT2D eigenvalue weighted by molar-refractivity contribution is -0.128. The molecule has 1 aliphatic rings. The highest BCUT2D eigenvalue weighted by Gasteiger charge is 2.33. The Morgan fingerprint density at radius 2 is 2.28 bits per heavy atom. The highest BCUT2D eigenvalue weighted by molar-refractivity contribution is 5.89. The molecule has 0 radical (unpaired) electrons. The fraction of sp³-hybridized carbons (Fsp3) is 0.846. The molecule has 0 spiro atoms. The monoisotopic (exact) mass is 256 g/mol. The zero-order valence-electron chi connectivity index (χ0n) is 11.3. The second-order valence-corrected chi connectivity index (χ2v) is 4.87. The van der Waals surface area contributed by atoms with Gasteiger partial charge in [-0.2, -0.15) is 0 Å². The van der Waals surface area contributed by atoms with Gasteiger partial charge in [-0.15, -0.1) is 0 Å². The van der Waals surface area contributed by atoms with Crippen LogP contribution in [0.25, 0.3) is 0 Å². The summed E-state index contributed by atoms with van der Waals surface area (Å²) in [4.78, 5) is 25.2. The zero-order chi connectivity index (χ0) is 13.5. The molecule has 0 aromatic heterocycles. The molecule has 0 aromatic rings. The summed E-state index contributed by atoms with van der Waals surface area (Å²) in [5.74, 6) is 0.151. The van der Waals surface area contributed by atoms with Crippen molar-refractivity contribution in [3.05, 3.63) is 0 Å². The average molecular weight is 256 g/mol. The molecule has 2 N–H and O–H groups in total. The first-order valence-electron chi connectivity index (χ1n) is 6.78. The van der Waals surface area contributed by atoms with Gasteiger partial charge in [0.2, 0.25) is 11.8 Å². The minimum atomic E-state index is -0.205. The van der Waals surface area contributed by atoms with E-state index >= 15 is 0 Å². The van der Waals surface area contributed by atoms with E-state index in [4.69, 9.17) is 5.11 Å². The molecule has 1 saturated heterocycles. The number of aliphatic hydroxyl groups excluding tert-OH is 1. The summed E-state index contributed by atoms with van der Waals surface area (Å²) in [6.45, 7) is 5.92. The fourth-order valence-electron chi connectivity index (χ4n) is 2.28. The second kappa shape index (κ2) is 7.36. The Morgan fingerprint density at radius 3 is 2.78 bits per heavy atom. The number of hydrogen-bond acceptors (Lipinski definition) is 3. The van der Waals surface area contributed by atoms with E-state index in [9.17, 15) is 9.59 Å². The van der Waals surface area contributed by atoms with Crippen LogP contribution in [0, 0.1) is 11.8 Å². The Kier molecular flexibility index (Phi) is 6.12. The molecule has 2 unspecified atom stereocenters. The van der Waals surface area contributed by atoms with Crippen LogP contribution < -0.4 is 5.32 Å². The molecule has 0 aromatic carbocycles. The van der Waals surface area contributed by atoms with Crippen molar-refractivity contribution >= 4 is 11.8 Å². The summed E-state index contributed by atoms with van der Waals surface area (Å²) < 4.78 is 0. The lowest BCUT2D eigenvalue weighted by Gasteiger charge is -2.17. The standard InChI is InChI=1S/C13H24N2O3/c1-3-10(5-6-16)8-14-13(18)11-7-12(17)15(4-2)9-11/h10-11,16H,3-9H2,1-2H3,(H,14,18). The third-order valence-electron chi connectivity index (χ3n) is 3.65. The Balaban J connectivity index is 2.35. The smallest absolute Gasteiger partial charge is 0.225 e. The van der Waals surface area contributed by atoms with E-state index in [1.54, 1.807) is 4.90 Å². The molecule has 18 heavy (non-hydrogen) atoms. The van der Waals surface area contributed by atoms with Gasteiger partial charge in [0.1, 0.15) is 0 Å². The molecule has 0 saturated carbocycles.